The number of benzene rings is 1. The van der Waals surface area contributed by atoms with Gasteiger partial charge < -0.3 is 15.4 Å². The molecule has 2 N–H and O–H groups in total. The monoisotopic (exact) mass is 335 g/mol. The number of rotatable bonds is 6. The van der Waals surface area contributed by atoms with Gasteiger partial charge in [-0.05, 0) is 43.5 Å². The van der Waals surface area contributed by atoms with Crippen LogP contribution in [0.5, 0.6) is 0 Å². The number of carbonyl (C=O) groups excluding carboxylic acids is 1. The quantitative estimate of drug-likeness (QED) is 0.837. The number of urea groups is 1. The van der Waals surface area contributed by atoms with Gasteiger partial charge in [0.15, 0.2) is 0 Å². The molecule has 0 bridgehead atoms. The fourth-order valence-electron chi connectivity index (χ4n) is 3.43. The molecule has 0 aromatic heterocycles. The van der Waals surface area contributed by atoms with Crippen molar-refractivity contribution in [3.8, 4) is 0 Å². The van der Waals surface area contributed by atoms with Gasteiger partial charge in [0.2, 0.25) is 0 Å². The zero-order valence-corrected chi connectivity index (χ0v) is 14.1. The molecule has 1 saturated heterocycles. The van der Waals surface area contributed by atoms with Crippen molar-refractivity contribution in [3.63, 3.8) is 0 Å². The summed E-state index contributed by atoms with van der Waals surface area (Å²) in [5, 5.41) is 6.12. The first-order chi connectivity index (χ1) is 11.7. The number of nitrogens with zero attached hydrogens (tertiary/aromatic N) is 1. The zero-order chi connectivity index (χ0) is 16.9. The molecule has 6 heteroatoms. The SMILES string of the molecule is COCCN1CCC[C@H](NC(=O)N[C@@H]2C[C@H]2c2ccc(F)cc2)C1. The molecule has 24 heavy (non-hydrogen) atoms. The van der Waals surface area contributed by atoms with Crippen LogP contribution in [0, 0.1) is 5.82 Å². The third-order valence-electron chi connectivity index (χ3n) is 4.86. The van der Waals surface area contributed by atoms with Gasteiger partial charge in [-0.15, -0.1) is 0 Å². The zero-order valence-electron chi connectivity index (χ0n) is 14.1. The molecule has 2 amide bonds. The lowest BCUT2D eigenvalue weighted by atomic mass is 10.1. The topological polar surface area (TPSA) is 53.6 Å². The normalized spacial score (nSPS) is 26.8. The molecule has 2 aliphatic rings. The minimum atomic E-state index is -0.225. The van der Waals surface area contributed by atoms with E-state index in [1.807, 2.05) is 0 Å². The third kappa shape index (κ3) is 4.68. The van der Waals surface area contributed by atoms with Crippen LogP contribution >= 0.6 is 0 Å². The summed E-state index contributed by atoms with van der Waals surface area (Å²) in [6.07, 6.45) is 3.03. The van der Waals surface area contributed by atoms with Gasteiger partial charge in [0.1, 0.15) is 5.82 Å². The highest BCUT2D eigenvalue weighted by atomic mass is 19.1. The number of methoxy groups -OCH3 is 1. The summed E-state index contributed by atoms with van der Waals surface area (Å²) in [4.78, 5) is 14.5. The Bertz CT molecular complexity index is 552. The van der Waals surface area contributed by atoms with E-state index in [2.05, 4.69) is 15.5 Å². The van der Waals surface area contributed by atoms with Crippen molar-refractivity contribution in [2.75, 3.05) is 33.4 Å². The van der Waals surface area contributed by atoms with Crippen molar-refractivity contribution >= 4 is 6.03 Å². The van der Waals surface area contributed by atoms with Crippen LogP contribution < -0.4 is 10.6 Å². The van der Waals surface area contributed by atoms with Crippen LogP contribution in [0.2, 0.25) is 0 Å². The number of carbonyl (C=O) groups is 1. The van der Waals surface area contributed by atoms with Crippen molar-refractivity contribution in [1.29, 1.82) is 0 Å². The largest absolute Gasteiger partial charge is 0.383 e. The van der Waals surface area contributed by atoms with Crippen LogP contribution in [0.3, 0.4) is 0 Å². The Hall–Kier alpha value is -1.66. The minimum absolute atomic E-state index is 0.0943. The lowest BCUT2D eigenvalue weighted by molar-refractivity contribution is 0.123. The van der Waals surface area contributed by atoms with Crippen LogP contribution in [-0.4, -0.2) is 56.4 Å². The number of hydrogen-bond donors (Lipinski definition) is 2. The summed E-state index contributed by atoms with van der Waals surface area (Å²) >= 11 is 0. The van der Waals surface area contributed by atoms with Gasteiger partial charge in [-0.1, -0.05) is 12.1 Å². The van der Waals surface area contributed by atoms with E-state index >= 15 is 0 Å². The Labute approximate surface area is 142 Å². The molecule has 5 nitrogen and oxygen atoms in total. The Morgan fingerprint density at radius 1 is 1.33 bits per heavy atom. The number of nitrogens with one attached hydrogen (secondary N) is 2. The maximum absolute atomic E-state index is 13.0. The van der Waals surface area contributed by atoms with Crippen molar-refractivity contribution < 1.29 is 13.9 Å². The van der Waals surface area contributed by atoms with E-state index in [9.17, 15) is 9.18 Å². The summed E-state index contributed by atoms with van der Waals surface area (Å²) in [5.74, 6) is 0.0814. The molecular weight excluding hydrogens is 309 g/mol. The molecule has 132 valence electrons. The van der Waals surface area contributed by atoms with E-state index in [1.165, 1.54) is 12.1 Å². The first-order valence-electron chi connectivity index (χ1n) is 8.69. The van der Waals surface area contributed by atoms with Gasteiger partial charge in [0.25, 0.3) is 0 Å². The summed E-state index contributed by atoms with van der Waals surface area (Å²) in [6, 6.07) is 6.80. The molecule has 1 aliphatic carbocycles. The number of likely N-dealkylation sites (tertiary alicyclic amines) is 1. The van der Waals surface area contributed by atoms with Gasteiger partial charge in [-0.2, -0.15) is 0 Å². The second-order valence-electron chi connectivity index (χ2n) is 6.75. The fourth-order valence-corrected chi connectivity index (χ4v) is 3.43. The molecule has 1 aromatic rings. The number of amides is 2. The maximum atomic E-state index is 13.0. The highest BCUT2D eigenvalue weighted by Gasteiger charge is 2.39. The van der Waals surface area contributed by atoms with E-state index in [-0.39, 0.29) is 23.9 Å². The van der Waals surface area contributed by atoms with Crippen LogP contribution in [0.25, 0.3) is 0 Å². The van der Waals surface area contributed by atoms with Gasteiger partial charge >= 0.3 is 6.03 Å². The van der Waals surface area contributed by atoms with Gasteiger partial charge in [0, 0.05) is 38.2 Å². The number of hydrogen-bond acceptors (Lipinski definition) is 3. The summed E-state index contributed by atoms with van der Waals surface area (Å²) < 4.78 is 18.1. The first-order valence-corrected chi connectivity index (χ1v) is 8.69. The lowest BCUT2D eigenvalue weighted by Gasteiger charge is -2.32. The summed E-state index contributed by atoms with van der Waals surface area (Å²) in [7, 11) is 1.71. The molecule has 1 aromatic carbocycles. The molecule has 1 heterocycles. The number of halogens is 1. The second kappa shape index (κ2) is 7.94. The van der Waals surface area contributed by atoms with Crippen LogP contribution in [0.15, 0.2) is 24.3 Å². The summed E-state index contributed by atoms with van der Waals surface area (Å²) in [6.45, 7) is 3.58. The van der Waals surface area contributed by atoms with Crippen molar-refractivity contribution in [1.82, 2.24) is 15.5 Å². The predicted molar refractivity (Wildman–Crippen MR) is 90.6 cm³/mol. The maximum Gasteiger partial charge on any atom is 0.315 e. The summed E-state index contributed by atoms with van der Waals surface area (Å²) in [5.41, 5.74) is 1.09. The Morgan fingerprint density at radius 3 is 2.88 bits per heavy atom. The van der Waals surface area contributed by atoms with Gasteiger partial charge in [-0.3, -0.25) is 4.90 Å². The van der Waals surface area contributed by atoms with E-state index in [4.69, 9.17) is 4.74 Å². The van der Waals surface area contributed by atoms with Crippen molar-refractivity contribution in [2.24, 2.45) is 0 Å². The van der Waals surface area contributed by atoms with Crippen molar-refractivity contribution in [2.45, 2.75) is 37.3 Å². The van der Waals surface area contributed by atoms with E-state index in [0.29, 0.717) is 5.92 Å². The Kier molecular flexibility index (Phi) is 5.68. The third-order valence-corrected chi connectivity index (χ3v) is 4.86. The van der Waals surface area contributed by atoms with Crippen LogP contribution in [0.1, 0.15) is 30.7 Å². The van der Waals surface area contributed by atoms with Crippen molar-refractivity contribution in [3.05, 3.63) is 35.6 Å². The highest BCUT2D eigenvalue weighted by molar-refractivity contribution is 5.75. The Morgan fingerprint density at radius 2 is 2.12 bits per heavy atom. The number of ether oxygens (including phenoxy) is 1. The second-order valence-corrected chi connectivity index (χ2v) is 6.75. The molecular formula is C18H26FN3O2. The van der Waals surface area contributed by atoms with Gasteiger partial charge in [-0.25, -0.2) is 9.18 Å². The standard InChI is InChI=1S/C18H26FN3O2/c1-24-10-9-22-8-2-3-15(12-22)20-18(23)21-17-11-16(17)13-4-6-14(19)7-5-13/h4-7,15-17H,2-3,8-12H2,1H3,(H2,20,21,23)/t15-,16-,17+/m0/s1. The molecule has 1 aliphatic heterocycles. The molecule has 2 fully saturated rings. The molecule has 0 unspecified atom stereocenters. The highest BCUT2D eigenvalue weighted by Crippen LogP contribution is 2.40. The average molecular weight is 335 g/mol. The molecule has 0 spiro atoms. The molecule has 1 saturated carbocycles. The smallest absolute Gasteiger partial charge is 0.315 e. The van der Waals surface area contributed by atoms with Gasteiger partial charge in [0.05, 0.1) is 6.61 Å². The predicted octanol–water partition coefficient (Wildman–Crippen LogP) is 2.09. The van der Waals surface area contributed by atoms with Crippen LogP contribution in [0.4, 0.5) is 9.18 Å². The minimum Gasteiger partial charge on any atom is -0.383 e. The molecule has 0 radical (unpaired) electrons. The average Bonchev–Trinajstić information content (AvgIpc) is 3.33. The van der Waals surface area contributed by atoms with E-state index < -0.39 is 0 Å². The van der Waals surface area contributed by atoms with Crippen LogP contribution in [-0.2, 0) is 4.74 Å². The number of piperidine rings is 1. The van der Waals surface area contributed by atoms with E-state index in [0.717, 1.165) is 51.1 Å². The molecule has 3 rings (SSSR count). The Balaban J connectivity index is 1.41. The van der Waals surface area contributed by atoms with E-state index in [1.54, 1.807) is 19.2 Å². The first kappa shape index (κ1) is 17.2. The fraction of sp³-hybridized carbons (Fsp3) is 0.611. The lowest BCUT2D eigenvalue weighted by Crippen LogP contribution is -2.51. The molecule has 3 atom stereocenters.